The number of thiophene rings is 6. The first-order valence-corrected chi connectivity index (χ1v) is 52.6. The number of ketones is 6. The molecule has 24 nitrogen and oxygen atoms in total. The van der Waals surface area contributed by atoms with E-state index in [0.29, 0.717) is 153 Å². The number of Topliss-reactive ketones (excluding diaryl/α,β-unsaturated/α-hetero) is 6. The summed E-state index contributed by atoms with van der Waals surface area (Å²) < 4.78 is 0.960. The summed E-state index contributed by atoms with van der Waals surface area (Å²) in [5.74, 6) is -0.206. The van der Waals surface area contributed by atoms with Crippen molar-refractivity contribution in [2.24, 2.45) is 9.98 Å². The Labute approximate surface area is 853 Å². The molecule has 0 radical (unpaired) electrons. The lowest BCUT2D eigenvalue weighted by Gasteiger charge is -2.27. The van der Waals surface area contributed by atoms with Crippen molar-refractivity contribution in [3.8, 4) is 48.6 Å². The first-order valence-electron chi connectivity index (χ1n) is 46.0. The topological polar surface area (TPSA) is 345 Å². The summed E-state index contributed by atoms with van der Waals surface area (Å²) in [7, 11) is 0. The third-order valence-electron chi connectivity index (χ3n) is 23.6. The molecule has 3 fully saturated rings. The number of carbonyl (C=O) groups is 9. The van der Waals surface area contributed by atoms with Crippen LogP contribution >= 0.6 is 107 Å². The molecule has 139 heavy (non-hydrogen) atoms. The van der Waals surface area contributed by atoms with Crippen molar-refractivity contribution in [1.29, 1.82) is 5.41 Å². The fourth-order valence-corrected chi connectivity index (χ4v) is 21.4. The highest BCUT2D eigenvalue weighted by Crippen LogP contribution is 2.43. The molecule has 3 aliphatic rings. The molecule has 0 bridgehead atoms. The Bertz CT molecular complexity index is 6340. The van der Waals surface area contributed by atoms with E-state index in [1.54, 1.807) is 117 Å². The average molecular weight is 2090 g/mol. The van der Waals surface area contributed by atoms with Gasteiger partial charge < -0.3 is 52.6 Å². The maximum absolute atomic E-state index is 12.9. The number of rotatable bonds is 37. The minimum absolute atomic E-state index is 0.0177. The normalized spacial score (nSPS) is 13.7. The molecule has 6 aromatic heterocycles. The van der Waals surface area contributed by atoms with Gasteiger partial charge in [-0.2, -0.15) is 0 Å². The van der Waals surface area contributed by atoms with Crippen LogP contribution in [-0.4, -0.2) is 230 Å². The van der Waals surface area contributed by atoms with Crippen LogP contribution in [0.4, 0.5) is 0 Å². The number of hydrogen-bond acceptors (Lipinski definition) is 27. The number of carbonyl (C=O) groups excluding carboxylic acids is 9. The van der Waals surface area contributed by atoms with Crippen LogP contribution in [0.15, 0.2) is 207 Å². The first kappa shape index (κ1) is 107. The van der Waals surface area contributed by atoms with E-state index in [4.69, 9.17) is 28.6 Å². The molecule has 3 saturated heterocycles. The van der Waals surface area contributed by atoms with Gasteiger partial charge in [-0.3, -0.25) is 67.8 Å². The van der Waals surface area contributed by atoms with E-state index < -0.39 is 0 Å². The molecular weight excluding hydrogens is 1980 g/mol. The summed E-state index contributed by atoms with van der Waals surface area (Å²) in [6, 6.07) is 53.4. The molecule has 728 valence electrons. The van der Waals surface area contributed by atoms with Crippen LogP contribution in [0.5, 0.6) is 17.2 Å². The minimum Gasteiger partial charge on any atom is -0.506 e. The van der Waals surface area contributed by atoms with Gasteiger partial charge in [0.25, 0.3) is 17.7 Å². The maximum Gasteiger partial charge on any atom is 0.251 e. The fraction of sp³-hybridized carbons (Fsp3) is 0.321. The zero-order valence-electron chi connectivity index (χ0n) is 78.7. The van der Waals surface area contributed by atoms with Gasteiger partial charge in [-0.15, -0.1) is 68.0 Å². The molecule has 0 unspecified atom stereocenters. The Morgan fingerprint density at radius 2 is 0.712 bits per heavy atom. The highest BCUT2D eigenvalue weighted by Gasteiger charge is 2.25. The highest BCUT2D eigenvalue weighted by atomic mass is 79.9. The second-order valence-corrected chi connectivity index (χ2v) is 42.3. The van der Waals surface area contributed by atoms with Crippen molar-refractivity contribution in [1.82, 2.24) is 46.6 Å². The van der Waals surface area contributed by atoms with Crippen molar-refractivity contribution < 1.29 is 58.5 Å². The van der Waals surface area contributed by atoms with Gasteiger partial charge in [0, 0.05) is 208 Å². The van der Waals surface area contributed by atoms with Gasteiger partial charge in [-0.1, -0.05) is 139 Å². The van der Waals surface area contributed by atoms with Crippen LogP contribution in [0, 0.1) is 5.41 Å². The number of piperazine rings is 3. The largest absolute Gasteiger partial charge is 0.506 e. The molecule has 3 amide bonds. The maximum atomic E-state index is 12.9. The van der Waals surface area contributed by atoms with Gasteiger partial charge in [-0.25, -0.2) is 0 Å². The molecule has 0 saturated carbocycles. The smallest absolute Gasteiger partial charge is 0.251 e. The van der Waals surface area contributed by atoms with Crippen LogP contribution in [-0.2, 0) is 24.7 Å². The van der Waals surface area contributed by atoms with E-state index in [1.165, 1.54) is 80.5 Å². The number of halogens is 3. The van der Waals surface area contributed by atoms with E-state index in [0.717, 1.165) is 146 Å². The predicted octanol–water partition coefficient (Wildman–Crippen LogP) is 19.9. The zero-order chi connectivity index (χ0) is 99.2. The van der Waals surface area contributed by atoms with E-state index in [9.17, 15) is 58.5 Å². The number of nitrogens with one attached hydrogen (secondary N) is 7. The lowest BCUT2D eigenvalue weighted by Crippen LogP contribution is -2.46. The van der Waals surface area contributed by atoms with Gasteiger partial charge in [0.15, 0.2) is 34.7 Å². The number of aromatic hydroxyl groups is 3. The molecule has 9 heterocycles. The Kier molecular flexibility index (Phi) is 40.5. The van der Waals surface area contributed by atoms with Crippen LogP contribution < -0.4 is 31.9 Å². The van der Waals surface area contributed by atoms with Gasteiger partial charge in [0.05, 0.1) is 53.9 Å². The molecule has 6 aromatic carbocycles. The second-order valence-electron chi connectivity index (χ2n) is 34.7. The molecular formula is C106H115BrCl2N12O12S6. The molecule has 0 spiro atoms. The lowest BCUT2D eigenvalue weighted by molar-refractivity contribution is 0.0939. The highest BCUT2D eigenvalue weighted by molar-refractivity contribution is 9.10. The van der Waals surface area contributed by atoms with Crippen molar-refractivity contribution >= 4 is 177 Å². The zero-order valence-corrected chi connectivity index (χ0v) is 86.7. The molecule has 12 aromatic rings. The number of nitrogens with zero attached hydrogens (tertiary/aromatic N) is 5. The Morgan fingerprint density at radius 1 is 0.403 bits per heavy atom. The predicted molar refractivity (Wildman–Crippen MR) is 571 cm³/mol. The average Bonchev–Trinajstić information content (AvgIpc) is 1.66. The van der Waals surface area contributed by atoms with Crippen LogP contribution in [0.3, 0.4) is 0 Å². The number of amides is 3. The van der Waals surface area contributed by atoms with Crippen LogP contribution in [0.2, 0.25) is 10.0 Å². The van der Waals surface area contributed by atoms with Gasteiger partial charge in [-0.05, 0) is 188 Å². The second kappa shape index (κ2) is 52.6. The fourth-order valence-electron chi connectivity index (χ4n) is 15.2. The first-order chi connectivity index (χ1) is 66.8. The quantitative estimate of drug-likeness (QED) is 0.0128. The third kappa shape index (κ3) is 31.6. The minimum atomic E-state index is -0.178. The van der Waals surface area contributed by atoms with E-state index in [1.807, 2.05) is 83.6 Å². The van der Waals surface area contributed by atoms with Crippen molar-refractivity contribution in [2.45, 2.75) is 92.4 Å². The van der Waals surface area contributed by atoms with Crippen molar-refractivity contribution in [3.63, 3.8) is 0 Å². The summed E-state index contributed by atoms with van der Waals surface area (Å²) in [6.07, 6.45) is 2.69. The van der Waals surface area contributed by atoms with E-state index in [-0.39, 0.29) is 88.2 Å². The molecule has 3 aliphatic heterocycles. The van der Waals surface area contributed by atoms with Crippen molar-refractivity contribution in [2.75, 3.05) is 131 Å². The summed E-state index contributed by atoms with van der Waals surface area (Å²) in [4.78, 5) is 134. The SMILES string of the molecule is CC(=N)c1csc(-c2ccc(Cl)c(Cl)c2)c1O.CC(=NCC(=O)c1ccc(C(=O)CCc2ccc(C(=O)NCCN3CCNCC3)cc2)s1)c1csc(-c2ccc(Br)cc2)c1O.CC(=NCC(=O)c1ccc(C(=O)CCc2ccc(C(=O)NCCN3CCNCC3)cc2)s1)c1csc(-c2ccc(C(C)(C)C)cc2)c1O.CC(=O)c1ccc(C(=O)CCc2ccc(C(=O)NCCN3CCNCC3)cc2)s1. The Hall–Kier alpha value is -10.8. The van der Waals surface area contributed by atoms with Gasteiger partial charge in [0.1, 0.15) is 30.3 Å². The van der Waals surface area contributed by atoms with E-state index >= 15 is 0 Å². The number of aryl methyl sites for hydroxylation is 3. The van der Waals surface area contributed by atoms with Crippen molar-refractivity contribution in [3.05, 3.63) is 291 Å². The Balaban J connectivity index is 0.000000176. The summed E-state index contributed by atoms with van der Waals surface area (Å²) >= 11 is 23.1. The number of benzene rings is 6. The van der Waals surface area contributed by atoms with Gasteiger partial charge in [0.2, 0.25) is 0 Å². The number of aliphatic imine (C=N–C) groups is 2. The molecule has 0 atom stereocenters. The summed E-state index contributed by atoms with van der Waals surface area (Å²) in [5.41, 5.74) is 12.0. The standard InChI is InChI=1S/C38H44N4O4S2.C34H35BrN4O4S2.C22H27N3O3S.C12H9Cl2NOS/c1-25(30-24-47-36(35(30)45)27-10-12-29(13-11-27)38(2,3)4)41-23-32(44)34-16-15-33(48-34)31(43)14-7-26-5-8-28(9-6-26)37(46)40-19-22-42-20-17-39-18-21-42;1-22(27-21-44-33(32(27)42)24-7-9-26(35)10-8-24)38-20-29(41)31-13-12-30(45-31)28(40)11-4-23-2-5-25(6-3-23)34(43)37-16-19-39-17-14-36-15-18-39;1-16(26)20-8-9-21(29-20)19(27)7-4-17-2-5-18(6-3-17)22(28)24-12-15-25-13-10-23-11-14-25;1-6(15)8-5-17-12(11(8)16)7-2-3-9(13)10(14)4-7/h5-6,8-13,15-16,24,39,45H,7,14,17-23H2,1-4H3,(H,40,46);2-3,5-10,12-13,21,36,42H,4,11,14-20H2,1H3,(H,37,43);2-3,5-6,8-9,23H,4,7,10-15H2,1H3,(H,24,28);2-5,15-16H,1H3. The van der Waals surface area contributed by atoms with Crippen LogP contribution in [0.25, 0.3) is 31.3 Å². The van der Waals surface area contributed by atoms with Crippen LogP contribution in [0.1, 0.15) is 196 Å². The van der Waals surface area contributed by atoms with E-state index in [2.05, 4.69) is 105 Å². The third-order valence-corrected chi connectivity index (χ3v) is 31.5. The monoisotopic (exact) mass is 2090 g/mol. The summed E-state index contributed by atoms with van der Waals surface area (Å²) in [5, 5.41) is 64.6. The summed E-state index contributed by atoms with van der Waals surface area (Å²) in [6.45, 7) is 29.4. The molecule has 10 N–H and O–H groups in total. The molecule has 15 rings (SSSR count). The Morgan fingerprint density at radius 3 is 1.04 bits per heavy atom. The number of hydrogen-bond donors (Lipinski definition) is 10. The lowest BCUT2D eigenvalue weighted by atomic mass is 9.86. The van der Waals surface area contributed by atoms with Gasteiger partial charge >= 0.3 is 0 Å². The molecule has 33 heteroatoms. The molecule has 0 aliphatic carbocycles.